The van der Waals surface area contributed by atoms with Gasteiger partial charge in [-0.25, -0.2) is 4.98 Å². The number of pyridine rings is 1. The van der Waals surface area contributed by atoms with Crippen LogP contribution in [0.2, 0.25) is 0 Å². The molecule has 0 fully saturated rings. The van der Waals surface area contributed by atoms with Crippen LogP contribution >= 0.6 is 23.3 Å². The van der Waals surface area contributed by atoms with Gasteiger partial charge in [-0.05, 0) is 36.2 Å². The van der Waals surface area contributed by atoms with E-state index in [4.69, 9.17) is 11.1 Å². The van der Waals surface area contributed by atoms with E-state index in [0.29, 0.717) is 5.69 Å². The van der Waals surface area contributed by atoms with E-state index in [1.165, 1.54) is 11.5 Å². The van der Waals surface area contributed by atoms with Crippen LogP contribution in [-0.4, -0.2) is 20.2 Å². The topological polar surface area (TPSA) is 88.5 Å². The standard InChI is InChI=1S/C10H11N5S2/c1-6-14-10(17-15-6)16-5-7-2-3-13-8(4-7)9(11)12/h2-4H,5H2,1H3,(H3,11,12). The first-order valence-corrected chi connectivity index (χ1v) is 6.63. The lowest BCUT2D eigenvalue weighted by Gasteiger charge is -2.01. The average molecular weight is 265 g/mol. The summed E-state index contributed by atoms with van der Waals surface area (Å²) in [5.41, 5.74) is 6.97. The molecule has 2 rings (SSSR count). The number of nitrogens with zero attached hydrogens (tertiary/aromatic N) is 3. The Balaban J connectivity index is 2.04. The highest BCUT2D eigenvalue weighted by molar-refractivity contribution is 8.00. The van der Waals surface area contributed by atoms with Gasteiger partial charge in [-0.3, -0.25) is 10.4 Å². The van der Waals surface area contributed by atoms with Crippen molar-refractivity contribution in [2.45, 2.75) is 17.0 Å². The van der Waals surface area contributed by atoms with E-state index in [1.54, 1.807) is 18.0 Å². The molecule has 0 saturated heterocycles. The molecule has 3 N–H and O–H groups in total. The monoisotopic (exact) mass is 265 g/mol. The van der Waals surface area contributed by atoms with Crippen molar-refractivity contribution >= 4 is 29.1 Å². The lowest BCUT2D eigenvalue weighted by molar-refractivity contribution is 1.10. The number of rotatable bonds is 4. The Kier molecular flexibility index (Phi) is 3.70. The Labute approximate surface area is 107 Å². The number of nitrogen functional groups attached to an aromatic ring is 1. The van der Waals surface area contributed by atoms with Gasteiger partial charge in [0, 0.05) is 11.9 Å². The molecule has 5 nitrogen and oxygen atoms in total. The molecule has 0 aliphatic heterocycles. The molecular formula is C10H11N5S2. The fourth-order valence-corrected chi connectivity index (χ4v) is 2.78. The number of aromatic nitrogens is 3. The molecule has 0 amide bonds. The number of hydrogen-bond acceptors (Lipinski definition) is 6. The molecule has 0 aliphatic rings. The minimum Gasteiger partial charge on any atom is -0.382 e. The SMILES string of the molecule is Cc1nsc(SCc2ccnc(C(=N)N)c2)n1. The van der Waals surface area contributed by atoms with Gasteiger partial charge in [0.15, 0.2) is 4.34 Å². The highest BCUT2D eigenvalue weighted by atomic mass is 32.2. The summed E-state index contributed by atoms with van der Waals surface area (Å²) in [6.07, 6.45) is 1.66. The van der Waals surface area contributed by atoms with Gasteiger partial charge in [-0.15, -0.1) is 0 Å². The van der Waals surface area contributed by atoms with Crippen LogP contribution in [-0.2, 0) is 5.75 Å². The molecule has 2 aromatic rings. The zero-order valence-electron chi connectivity index (χ0n) is 9.17. The molecule has 0 atom stereocenters. The van der Waals surface area contributed by atoms with Crippen LogP contribution in [0.1, 0.15) is 17.1 Å². The van der Waals surface area contributed by atoms with Crippen LogP contribution in [0.4, 0.5) is 0 Å². The van der Waals surface area contributed by atoms with Gasteiger partial charge in [0.2, 0.25) is 0 Å². The average Bonchev–Trinajstić information content (AvgIpc) is 2.73. The first-order valence-electron chi connectivity index (χ1n) is 4.87. The van der Waals surface area contributed by atoms with Gasteiger partial charge >= 0.3 is 0 Å². The summed E-state index contributed by atoms with van der Waals surface area (Å²) in [4.78, 5) is 8.28. The van der Waals surface area contributed by atoms with Gasteiger partial charge in [0.1, 0.15) is 17.4 Å². The molecule has 0 aliphatic carbocycles. The third kappa shape index (κ3) is 3.24. The summed E-state index contributed by atoms with van der Waals surface area (Å²) < 4.78 is 5.07. The third-order valence-corrected chi connectivity index (χ3v) is 3.97. The third-order valence-electron chi connectivity index (χ3n) is 1.97. The minimum atomic E-state index is -0.0105. The fourth-order valence-electron chi connectivity index (χ4n) is 1.19. The molecule has 2 heterocycles. The van der Waals surface area contributed by atoms with Crippen molar-refractivity contribution in [1.82, 2.24) is 14.3 Å². The van der Waals surface area contributed by atoms with Gasteiger partial charge in [-0.1, -0.05) is 11.8 Å². The predicted molar refractivity (Wildman–Crippen MR) is 69.5 cm³/mol. The summed E-state index contributed by atoms with van der Waals surface area (Å²) in [5, 5.41) is 7.32. The smallest absolute Gasteiger partial charge is 0.170 e. The molecule has 7 heteroatoms. The second kappa shape index (κ2) is 5.24. The van der Waals surface area contributed by atoms with Crippen LogP contribution in [0.3, 0.4) is 0 Å². The van der Waals surface area contributed by atoms with E-state index >= 15 is 0 Å². The molecule has 0 radical (unpaired) electrons. The maximum Gasteiger partial charge on any atom is 0.170 e. The van der Waals surface area contributed by atoms with Crippen molar-refractivity contribution in [3.8, 4) is 0 Å². The van der Waals surface area contributed by atoms with Gasteiger partial charge < -0.3 is 5.73 Å². The lowest BCUT2D eigenvalue weighted by Crippen LogP contribution is -2.13. The lowest BCUT2D eigenvalue weighted by atomic mass is 10.2. The summed E-state index contributed by atoms with van der Waals surface area (Å²) in [7, 11) is 0. The van der Waals surface area contributed by atoms with E-state index in [2.05, 4.69) is 14.3 Å². The normalized spacial score (nSPS) is 10.4. The predicted octanol–water partition coefficient (Wildman–Crippen LogP) is 1.82. The number of thioether (sulfide) groups is 1. The Bertz CT molecular complexity index is 537. The van der Waals surface area contributed by atoms with Crippen LogP contribution in [0.25, 0.3) is 0 Å². The zero-order valence-corrected chi connectivity index (χ0v) is 10.8. The van der Waals surface area contributed by atoms with E-state index in [9.17, 15) is 0 Å². The molecule has 0 spiro atoms. The molecule has 0 aromatic carbocycles. The largest absolute Gasteiger partial charge is 0.382 e. The van der Waals surface area contributed by atoms with Crippen molar-refractivity contribution in [2.24, 2.45) is 5.73 Å². The van der Waals surface area contributed by atoms with Crippen LogP contribution in [0, 0.1) is 12.3 Å². The highest BCUT2D eigenvalue weighted by Gasteiger charge is 2.04. The second-order valence-corrected chi connectivity index (χ2v) is 5.33. The van der Waals surface area contributed by atoms with Crippen LogP contribution in [0.5, 0.6) is 0 Å². The number of nitrogens with one attached hydrogen (secondary N) is 1. The van der Waals surface area contributed by atoms with Crippen molar-refractivity contribution < 1.29 is 0 Å². The molecule has 2 aromatic heterocycles. The van der Waals surface area contributed by atoms with Crippen molar-refractivity contribution in [3.05, 3.63) is 35.4 Å². The minimum absolute atomic E-state index is 0.0105. The molecule has 88 valence electrons. The van der Waals surface area contributed by atoms with Crippen molar-refractivity contribution in [1.29, 1.82) is 5.41 Å². The summed E-state index contributed by atoms with van der Waals surface area (Å²) >= 11 is 3.02. The quantitative estimate of drug-likeness (QED) is 0.500. The molecule has 0 unspecified atom stereocenters. The second-order valence-electron chi connectivity index (χ2n) is 3.36. The molecule has 0 bridgehead atoms. The Morgan fingerprint density at radius 3 is 3.06 bits per heavy atom. The first kappa shape index (κ1) is 12.0. The van der Waals surface area contributed by atoms with E-state index in [-0.39, 0.29) is 5.84 Å². The Hall–Kier alpha value is -1.47. The van der Waals surface area contributed by atoms with E-state index < -0.39 is 0 Å². The van der Waals surface area contributed by atoms with Crippen molar-refractivity contribution in [3.63, 3.8) is 0 Å². The number of amidine groups is 1. The summed E-state index contributed by atoms with van der Waals surface area (Å²) in [5.74, 6) is 1.57. The van der Waals surface area contributed by atoms with Gasteiger partial charge in [0.05, 0.1) is 0 Å². The molecule has 17 heavy (non-hydrogen) atoms. The zero-order chi connectivity index (χ0) is 12.3. The summed E-state index contributed by atoms with van der Waals surface area (Å²) in [6, 6.07) is 3.73. The fraction of sp³-hybridized carbons (Fsp3) is 0.200. The number of aryl methyl sites for hydroxylation is 1. The maximum atomic E-state index is 7.32. The van der Waals surface area contributed by atoms with E-state index in [0.717, 1.165) is 21.5 Å². The molecular weight excluding hydrogens is 254 g/mol. The number of hydrogen-bond donors (Lipinski definition) is 2. The Morgan fingerprint density at radius 2 is 2.41 bits per heavy atom. The maximum absolute atomic E-state index is 7.32. The Morgan fingerprint density at radius 1 is 1.59 bits per heavy atom. The van der Waals surface area contributed by atoms with Crippen molar-refractivity contribution in [2.75, 3.05) is 0 Å². The van der Waals surface area contributed by atoms with Crippen LogP contribution < -0.4 is 5.73 Å². The first-order chi connectivity index (χ1) is 8.15. The highest BCUT2D eigenvalue weighted by Crippen LogP contribution is 2.24. The van der Waals surface area contributed by atoms with E-state index in [1.807, 2.05) is 19.1 Å². The van der Waals surface area contributed by atoms with Gasteiger partial charge in [-0.2, -0.15) is 4.37 Å². The number of nitrogens with two attached hydrogens (primary N) is 1. The van der Waals surface area contributed by atoms with Gasteiger partial charge in [0.25, 0.3) is 0 Å². The summed E-state index contributed by atoms with van der Waals surface area (Å²) in [6.45, 7) is 1.88. The molecule has 0 saturated carbocycles. The van der Waals surface area contributed by atoms with Crippen LogP contribution in [0.15, 0.2) is 22.7 Å².